The van der Waals surface area contributed by atoms with Crippen molar-refractivity contribution >= 4 is 0 Å². The van der Waals surface area contributed by atoms with Crippen LogP contribution in [0.15, 0.2) is 60.7 Å². The molecule has 0 fully saturated rings. The van der Waals surface area contributed by atoms with Crippen molar-refractivity contribution in [2.45, 2.75) is 19.4 Å². The lowest BCUT2D eigenvalue weighted by Crippen LogP contribution is -1.95. The van der Waals surface area contributed by atoms with E-state index in [1.165, 1.54) is 0 Å². The minimum Gasteiger partial charge on any atom is -0.508 e. The first-order chi connectivity index (χ1) is 12.0. The minimum atomic E-state index is -0.207. The van der Waals surface area contributed by atoms with Gasteiger partial charge in [-0.15, -0.1) is 0 Å². The molecule has 0 spiro atoms. The summed E-state index contributed by atoms with van der Waals surface area (Å²) in [6, 6.07) is 17.6. The van der Waals surface area contributed by atoms with Gasteiger partial charge in [0.15, 0.2) is 0 Å². The number of phenolic OH excluding ortho intramolecular Hbond substituents is 2. The SMILES string of the molecule is OCc1cc(Cc2ccc(O)c(Cc3ccc(O)cc3)c2)ccc1O. The van der Waals surface area contributed by atoms with Crippen LogP contribution in [0, 0.1) is 0 Å². The lowest BCUT2D eigenvalue weighted by Gasteiger charge is -2.10. The summed E-state index contributed by atoms with van der Waals surface area (Å²) in [6.45, 7) is -0.207. The summed E-state index contributed by atoms with van der Waals surface area (Å²) in [6.07, 6.45) is 1.20. The van der Waals surface area contributed by atoms with Crippen molar-refractivity contribution in [1.29, 1.82) is 0 Å². The van der Waals surface area contributed by atoms with Gasteiger partial charge in [-0.05, 0) is 59.0 Å². The third-order valence-electron chi connectivity index (χ3n) is 4.20. The van der Waals surface area contributed by atoms with E-state index in [4.69, 9.17) is 0 Å². The van der Waals surface area contributed by atoms with E-state index < -0.39 is 0 Å². The molecule has 0 aromatic heterocycles. The fourth-order valence-corrected chi connectivity index (χ4v) is 2.84. The Bertz CT molecular complexity index is 870. The third-order valence-corrected chi connectivity index (χ3v) is 4.20. The number of rotatable bonds is 5. The van der Waals surface area contributed by atoms with E-state index in [-0.39, 0.29) is 23.9 Å². The Morgan fingerprint density at radius 2 is 1.08 bits per heavy atom. The topological polar surface area (TPSA) is 80.9 Å². The Hall–Kier alpha value is -2.98. The average Bonchev–Trinajstić information content (AvgIpc) is 2.61. The molecule has 0 atom stereocenters. The number of hydrogen-bond acceptors (Lipinski definition) is 4. The molecule has 0 saturated heterocycles. The normalized spacial score (nSPS) is 10.8. The second-order valence-corrected chi connectivity index (χ2v) is 6.10. The maximum Gasteiger partial charge on any atom is 0.121 e. The molecule has 0 amide bonds. The number of aliphatic hydroxyl groups is 1. The molecule has 3 rings (SSSR count). The van der Waals surface area contributed by atoms with Gasteiger partial charge in [-0.3, -0.25) is 0 Å². The van der Waals surface area contributed by atoms with E-state index in [1.54, 1.807) is 30.3 Å². The number of aliphatic hydroxyl groups excluding tert-OH is 1. The highest BCUT2D eigenvalue weighted by atomic mass is 16.3. The molecule has 0 aliphatic carbocycles. The van der Waals surface area contributed by atoms with E-state index in [2.05, 4.69) is 0 Å². The van der Waals surface area contributed by atoms with Crippen molar-refractivity contribution in [2.75, 3.05) is 0 Å². The Balaban J connectivity index is 1.82. The van der Waals surface area contributed by atoms with Gasteiger partial charge in [-0.1, -0.05) is 30.3 Å². The van der Waals surface area contributed by atoms with Gasteiger partial charge in [0.1, 0.15) is 17.2 Å². The Morgan fingerprint density at radius 3 is 1.68 bits per heavy atom. The zero-order chi connectivity index (χ0) is 17.8. The summed E-state index contributed by atoms with van der Waals surface area (Å²) in [4.78, 5) is 0. The van der Waals surface area contributed by atoms with Gasteiger partial charge in [0, 0.05) is 12.0 Å². The largest absolute Gasteiger partial charge is 0.508 e. The van der Waals surface area contributed by atoms with E-state index in [0.717, 1.165) is 22.3 Å². The number of aromatic hydroxyl groups is 3. The summed E-state index contributed by atoms with van der Waals surface area (Å²) in [7, 11) is 0. The van der Waals surface area contributed by atoms with Crippen molar-refractivity contribution in [3.05, 3.63) is 88.5 Å². The van der Waals surface area contributed by atoms with Gasteiger partial charge < -0.3 is 20.4 Å². The molecular formula is C21H20O4. The zero-order valence-corrected chi connectivity index (χ0v) is 13.7. The molecule has 25 heavy (non-hydrogen) atoms. The van der Waals surface area contributed by atoms with Crippen LogP contribution < -0.4 is 0 Å². The fourth-order valence-electron chi connectivity index (χ4n) is 2.84. The van der Waals surface area contributed by atoms with Crippen LogP contribution >= 0.6 is 0 Å². The highest BCUT2D eigenvalue weighted by Crippen LogP contribution is 2.25. The highest BCUT2D eigenvalue weighted by molar-refractivity contribution is 5.43. The van der Waals surface area contributed by atoms with E-state index >= 15 is 0 Å². The predicted octanol–water partition coefficient (Wildman–Crippen LogP) is 3.48. The molecular weight excluding hydrogens is 316 g/mol. The Morgan fingerprint density at radius 1 is 0.560 bits per heavy atom. The van der Waals surface area contributed by atoms with Crippen LogP contribution in [-0.4, -0.2) is 20.4 Å². The fraction of sp³-hybridized carbons (Fsp3) is 0.143. The molecule has 4 heteroatoms. The summed E-state index contributed by atoms with van der Waals surface area (Å²) < 4.78 is 0. The van der Waals surface area contributed by atoms with Crippen molar-refractivity contribution in [1.82, 2.24) is 0 Å². The Labute approximate surface area is 146 Å². The van der Waals surface area contributed by atoms with E-state index in [0.29, 0.717) is 18.4 Å². The standard InChI is InChI=1S/C21H20O4/c22-13-18-12-16(4-8-21(18)25)9-15-3-7-20(24)17(11-15)10-14-1-5-19(23)6-2-14/h1-8,11-12,22-25H,9-10,13H2. The summed E-state index contributed by atoms with van der Waals surface area (Å²) in [5, 5.41) is 38.4. The van der Waals surface area contributed by atoms with Gasteiger partial charge in [0.2, 0.25) is 0 Å². The van der Waals surface area contributed by atoms with Crippen molar-refractivity contribution in [3.8, 4) is 17.2 Å². The van der Waals surface area contributed by atoms with Crippen molar-refractivity contribution < 1.29 is 20.4 Å². The van der Waals surface area contributed by atoms with Crippen LogP contribution in [0.2, 0.25) is 0 Å². The maximum absolute atomic E-state index is 10.1. The predicted molar refractivity (Wildman–Crippen MR) is 95.9 cm³/mol. The van der Waals surface area contributed by atoms with E-state index in [1.807, 2.05) is 30.3 Å². The van der Waals surface area contributed by atoms with E-state index in [9.17, 15) is 20.4 Å². The van der Waals surface area contributed by atoms with Crippen LogP contribution in [0.25, 0.3) is 0 Å². The van der Waals surface area contributed by atoms with Crippen LogP contribution in [0.4, 0.5) is 0 Å². The molecule has 0 aliphatic heterocycles. The maximum atomic E-state index is 10.1. The van der Waals surface area contributed by atoms with Crippen LogP contribution in [-0.2, 0) is 19.4 Å². The third kappa shape index (κ3) is 4.11. The minimum absolute atomic E-state index is 0.0879. The van der Waals surface area contributed by atoms with Crippen LogP contribution in [0.1, 0.15) is 27.8 Å². The first-order valence-corrected chi connectivity index (χ1v) is 8.05. The molecule has 4 nitrogen and oxygen atoms in total. The quantitative estimate of drug-likeness (QED) is 0.575. The lowest BCUT2D eigenvalue weighted by atomic mass is 9.97. The molecule has 0 radical (unpaired) electrons. The summed E-state index contributed by atoms with van der Waals surface area (Å²) >= 11 is 0. The van der Waals surface area contributed by atoms with Crippen molar-refractivity contribution in [2.24, 2.45) is 0 Å². The van der Waals surface area contributed by atoms with Crippen molar-refractivity contribution in [3.63, 3.8) is 0 Å². The van der Waals surface area contributed by atoms with Crippen LogP contribution in [0.3, 0.4) is 0 Å². The van der Waals surface area contributed by atoms with Gasteiger partial charge in [0.25, 0.3) is 0 Å². The summed E-state index contributed by atoms with van der Waals surface area (Å²) in [5.74, 6) is 0.539. The number of hydrogen-bond donors (Lipinski definition) is 4. The molecule has 0 saturated carbocycles. The molecule has 128 valence electrons. The second-order valence-electron chi connectivity index (χ2n) is 6.10. The zero-order valence-electron chi connectivity index (χ0n) is 13.7. The first kappa shape index (κ1) is 16.9. The molecule has 0 bridgehead atoms. The number of benzene rings is 3. The smallest absolute Gasteiger partial charge is 0.121 e. The monoisotopic (exact) mass is 336 g/mol. The number of phenols is 3. The molecule has 3 aromatic carbocycles. The van der Waals surface area contributed by atoms with Gasteiger partial charge in [-0.2, -0.15) is 0 Å². The van der Waals surface area contributed by atoms with Gasteiger partial charge >= 0.3 is 0 Å². The molecule has 4 N–H and O–H groups in total. The van der Waals surface area contributed by atoms with Gasteiger partial charge in [0.05, 0.1) is 6.61 Å². The molecule has 0 unspecified atom stereocenters. The molecule has 0 aliphatic rings. The second kappa shape index (κ2) is 7.28. The molecule has 3 aromatic rings. The van der Waals surface area contributed by atoms with Crippen LogP contribution in [0.5, 0.6) is 17.2 Å². The summed E-state index contributed by atoms with van der Waals surface area (Å²) in [5.41, 5.74) is 4.31. The van der Waals surface area contributed by atoms with Gasteiger partial charge in [-0.25, -0.2) is 0 Å². The lowest BCUT2D eigenvalue weighted by molar-refractivity contribution is 0.275. The highest BCUT2D eigenvalue weighted by Gasteiger charge is 2.07. The first-order valence-electron chi connectivity index (χ1n) is 8.05. The average molecular weight is 336 g/mol. The Kier molecular flexibility index (Phi) is 4.91. The molecule has 0 heterocycles.